The van der Waals surface area contributed by atoms with E-state index in [-0.39, 0.29) is 50.0 Å². The minimum atomic E-state index is -1.40. The molecule has 52 heavy (non-hydrogen) atoms. The maximum absolute atomic E-state index is 16.3. The number of hydrogen-bond donors (Lipinski definition) is 0. The number of carbonyl (C=O) groups is 1. The number of halogens is 2. The molecule has 7 heterocycles. The fourth-order valence-corrected chi connectivity index (χ4v) is 8.64. The van der Waals surface area contributed by atoms with Crippen LogP contribution >= 0.6 is 11.3 Å². The molecule has 0 saturated carbocycles. The fraction of sp³-hybridized carbons (Fsp3) is 0.231. The van der Waals surface area contributed by atoms with Crippen LogP contribution in [0.4, 0.5) is 8.78 Å². The molecule has 3 aliphatic heterocycles. The minimum Gasteiger partial charge on any atom is -0.493 e. The number of pyridine rings is 1. The van der Waals surface area contributed by atoms with Gasteiger partial charge in [-0.15, -0.1) is 11.3 Å². The van der Waals surface area contributed by atoms with Crippen molar-refractivity contribution in [3.8, 4) is 33.9 Å². The van der Waals surface area contributed by atoms with Gasteiger partial charge in [0, 0.05) is 64.0 Å². The van der Waals surface area contributed by atoms with E-state index in [9.17, 15) is 9.18 Å². The number of benzene rings is 2. The number of nitrogens with zero attached hydrogens (tertiary/aromatic N) is 6. The summed E-state index contributed by atoms with van der Waals surface area (Å²) in [6.45, 7) is 10.4. The van der Waals surface area contributed by atoms with Crippen molar-refractivity contribution in [2.24, 2.45) is 7.05 Å². The Morgan fingerprint density at radius 2 is 1.94 bits per heavy atom. The first-order chi connectivity index (χ1) is 25.2. The lowest BCUT2D eigenvalue weighted by atomic mass is 9.83. The van der Waals surface area contributed by atoms with Crippen LogP contribution in [0.1, 0.15) is 36.5 Å². The van der Waals surface area contributed by atoms with Gasteiger partial charge in [-0.05, 0) is 42.7 Å². The molecule has 0 aliphatic carbocycles. The van der Waals surface area contributed by atoms with E-state index in [1.165, 1.54) is 23.5 Å². The van der Waals surface area contributed by atoms with Crippen molar-refractivity contribution in [2.75, 3.05) is 19.8 Å². The van der Waals surface area contributed by atoms with E-state index < -0.39 is 23.3 Å². The van der Waals surface area contributed by atoms with Gasteiger partial charge in [-0.2, -0.15) is 10.2 Å². The highest BCUT2D eigenvalue weighted by atomic mass is 32.1. The van der Waals surface area contributed by atoms with Gasteiger partial charge in [-0.25, -0.2) is 13.8 Å². The summed E-state index contributed by atoms with van der Waals surface area (Å²) < 4.78 is 55.0. The summed E-state index contributed by atoms with van der Waals surface area (Å²) in [5.74, 6) is -1.12. The third-order valence-electron chi connectivity index (χ3n) is 10.1. The maximum Gasteiger partial charge on any atom is 0.250 e. The fourth-order valence-electron chi connectivity index (χ4n) is 7.69. The van der Waals surface area contributed by atoms with Crippen LogP contribution in [0, 0.1) is 11.6 Å². The molecule has 6 aromatic rings. The second-order valence-electron chi connectivity index (χ2n) is 13.1. The largest absolute Gasteiger partial charge is 0.493 e. The van der Waals surface area contributed by atoms with E-state index in [1.54, 1.807) is 15.8 Å². The Morgan fingerprint density at radius 1 is 1.10 bits per heavy atom. The summed E-state index contributed by atoms with van der Waals surface area (Å²) in [4.78, 5) is 20.0. The number of thiophene rings is 1. The quantitative estimate of drug-likeness (QED) is 0.135. The lowest BCUT2D eigenvalue weighted by Crippen LogP contribution is -2.38. The van der Waals surface area contributed by atoms with Gasteiger partial charge >= 0.3 is 0 Å². The van der Waals surface area contributed by atoms with Gasteiger partial charge in [-0.1, -0.05) is 19.2 Å². The highest BCUT2D eigenvalue weighted by Crippen LogP contribution is 2.52. The van der Waals surface area contributed by atoms with Gasteiger partial charge in [0.1, 0.15) is 35.4 Å². The lowest BCUT2D eigenvalue weighted by molar-refractivity contribution is -0.126. The van der Waals surface area contributed by atoms with Crippen LogP contribution in [0.3, 0.4) is 0 Å². The van der Waals surface area contributed by atoms with Crippen molar-refractivity contribution < 1.29 is 27.8 Å². The summed E-state index contributed by atoms with van der Waals surface area (Å²) in [5.41, 5.74) is 3.56. The first kappa shape index (κ1) is 32.3. The predicted molar refractivity (Wildman–Crippen MR) is 193 cm³/mol. The molecule has 262 valence electrons. The third-order valence-corrected chi connectivity index (χ3v) is 11.1. The van der Waals surface area contributed by atoms with E-state index in [4.69, 9.17) is 24.3 Å². The number of hydrogen-bond acceptors (Lipinski definition) is 8. The van der Waals surface area contributed by atoms with E-state index in [0.717, 1.165) is 33.6 Å². The first-order valence-electron chi connectivity index (χ1n) is 16.8. The highest BCUT2D eigenvalue weighted by Gasteiger charge is 2.46. The second-order valence-corrected chi connectivity index (χ2v) is 14.0. The van der Waals surface area contributed by atoms with Gasteiger partial charge in [-0.3, -0.25) is 14.2 Å². The minimum absolute atomic E-state index is 0.0279. The van der Waals surface area contributed by atoms with Crippen LogP contribution in [-0.4, -0.2) is 55.2 Å². The summed E-state index contributed by atoms with van der Waals surface area (Å²) in [5, 5.41) is 13.2. The summed E-state index contributed by atoms with van der Waals surface area (Å²) in [6.07, 6.45) is 7.01. The van der Waals surface area contributed by atoms with Gasteiger partial charge in [0.25, 0.3) is 5.91 Å². The molecule has 0 fully saturated rings. The van der Waals surface area contributed by atoms with Crippen LogP contribution in [-0.2, 0) is 28.7 Å². The second kappa shape index (κ2) is 12.0. The van der Waals surface area contributed by atoms with Crippen molar-refractivity contribution in [3.05, 3.63) is 114 Å². The number of amides is 1. The molecule has 1 amide bonds. The molecule has 4 aromatic heterocycles. The van der Waals surface area contributed by atoms with Gasteiger partial charge in [0.2, 0.25) is 0 Å². The lowest BCUT2D eigenvalue weighted by Gasteiger charge is -2.36. The van der Waals surface area contributed by atoms with E-state index >= 15 is 4.39 Å². The summed E-state index contributed by atoms with van der Waals surface area (Å²) >= 11 is 1.42. The number of fused-ring (bicyclic) bond motifs is 10. The Balaban J connectivity index is 1.39. The average Bonchev–Trinajstić information content (AvgIpc) is 3.86. The van der Waals surface area contributed by atoms with Crippen molar-refractivity contribution in [3.63, 3.8) is 0 Å². The van der Waals surface area contributed by atoms with E-state index in [2.05, 4.69) is 18.3 Å². The number of carbonyl (C=O) groups excluding carboxylic acids is 1. The molecule has 1 unspecified atom stereocenters. The Morgan fingerprint density at radius 3 is 2.79 bits per heavy atom. The van der Waals surface area contributed by atoms with E-state index in [1.807, 2.05) is 60.5 Å². The Bertz CT molecular complexity index is 2530. The van der Waals surface area contributed by atoms with Crippen LogP contribution < -0.4 is 9.47 Å². The summed E-state index contributed by atoms with van der Waals surface area (Å²) in [6, 6.07) is 9.47. The highest BCUT2D eigenvalue weighted by molar-refractivity contribution is 7.17. The molecule has 3 aliphatic rings. The number of rotatable bonds is 2. The zero-order valence-corrected chi connectivity index (χ0v) is 29.2. The molecular formula is C39H32F2N6O4S. The van der Waals surface area contributed by atoms with Gasteiger partial charge in [0.05, 0.1) is 60.2 Å². The monoisotopic (exact) mass is 718 g/mol. The maximum atomic E-state index is 16.3. The topological polar surface area (TPSA) is 96.5 Å². The molecule has 10 nitrogen and oxygen atoms in total. The molecule has 13 heteroatoms. The normalized spacial score (nSPS) is 20.3. The van der Waals surface area contributed by atoms with Crippen LogP contribution in [0.2, 0.25) is 0 Å². The van der Waals surface area contributed by atoms with Crippen LogP contribution in [0.25, 0.3) is 43.4 Å². The number of aromatic nitrogens is 5. The predicted octanol–water partition coefficient (Wildman–Crippen LogP) is 7.59. The van der Waals surface area contributed by atoms with Crippen molar-refractivity contribution in [2.45, 2.75) is 31.5 Å². The van der Waals surface area contributed by atoms with Crippen molar-refractivity contribution in [1.82, 2.24) is 29.4 Å². The van der Waals surface area contributed by atoms with Crippen LogP contribution in [0.5, 0.6) is 11.5 Å². The number of aryl methyl sites for hydroxylation is 1. The van der Waals surface area contributed by atoms with Crippen molar-refractivity contribution >= 4 is 38.2 Å². The zero-order chi connectivity index (χ0) is 35.9. The molecule has 2 atom stereocenters. The van der Waals surface area contributed by atoms with E-state index in [0.29, 0.717) is 38.8 Å². The Hall–Kier alpha value is -5.66. The Kier molecular flexibility index (Phi) is 7.42. The molecule has 0 saturated heterocycles. The molecule has 0 N–H and O–H groups in total. The SMILES string of the molecule is C=CC(=O)N1C(=C)Cn2nc(C34CCOc5cc(F)cc(F)c5-c5c3nc(c3ccsc53)-c3cc5cnn(C)c5cc3OC/C=C/CO4)cc2[C@@H]1C. The molecule has 0 spiro atoms. The first-order valence-corrected chi connectivity index (χ1v) is 17.7. The number of ether oxygens (including phenoxy) is 3. The smallest absolute Gasteiger partial charge is 0.250 e. The Labute approximate surface area is 300 Å². The average molecular weight is 719 g/mol. The van der Waals surface area contributed by atoms with Gasteiger partial charge in [0.15, 0.2) is 5.60 Å². The zero-order valence-electron chi connectivity index (χ0n) is 28.4. The number of allylic oxidation sites excluding steroid dienone is 1. The van der Waals surface area contributed by atoms with Gasteiger partial charge < -0.3 is 19.1 Å². The molecule has 2 aromatic carbocycles. The third kappa shape index (κ3) is 4.76. The molecule has 0 radical (unpaired) electrons. The van der Waals surface area contributed by atoms with Crippen molar-refractivity contribution in [1.29, 1.82) is 0 Å². The van der Waals surface area contributed by atoms with Crippen LogP contribution in [0.15, 0.2) is 85.1 Å². The summed E-state index contributed by atoms with van der Waals surface area (Å²) in [7, 11) is 1.88. The molecular weight excluding hydrogens is 687 g/mol. The molecule has 9 rings (SSSR count). The molecule has 2 bridgehead atoms. The standard InChI is InChI=1S/C39H32F2N6O4S/c1-5-33(48)47-21(2)20-46-28(22(47)3)18-32(44-46)39-9-12-50-31-16-24(40)15-27(41)34(31)35-37-25(8-13-52-37)36(43-38(35)39)26-14-23-19-42-45(4)29(23)17-30(26)49-10-6-7-11-51-39/h5-8,13-19,22H,1-2,9-12,20H2,3-4H3/b7-6+/t22-,39?/m0/s1.